The average Bonchev–Trinajstić information content (AvgIpc) is 1.59. The number of nitrogens with zero attached hydrogens (tertiary/aromatic N) is 4. The van der Waals surface area contributed by atoms with Gasteiger partial charge in [0.1, 0.15) is 84.2 Å². The number of aliphatic hydroxyl groups excluding tert-OH is 4. The molecule has 0 bridgehead atoms. The second-order valence-corrected chi connectivity index (χ2v) is 41.8. The van der Waals surface area contributed by atoms with Crippen LogP contribution in [-0.2, 0) is 55.0 Å². The number of phosphoric acid groups is 2. The van der Waals surface area contributed by atoms with Gasteiger partial charge in [-0.05, 0) is 62.2 Å². The van der Waals surface area contributed by atoms with E-state index in [9.17, 15) is 63.3 Å². The van der Waals surface area contributed by atoms with Crippen LogP contribution < -0.4 is 44.2 Å². The number of guanidine groups is 2. The Bertz CT molecular complexity index is 3810. The monoisotopic (exact) mass is 1460 g/mol. The zero-order valence-electron chi connectivity index (χ0n) is 54.9. The highest BCUT2D eigenvalue weighted by atomic mass is 33.1. The largest absolute Gasteiger partial charge is 0.472 e. The second-order valence-electron chi connectivity index (χ2n) is 27.0. The molecule has 6 aliphatic rings. The van der Waals surface area contributed by atoms with Crippen molar-refractivity contribution in [1.29, 1.82) is 0 Å². The predicted molar refractivity (Wildman–Crippen MR) is 356 cm³/mol. The Morgan fingerprint density at radius 2 is 1.08 bits per heavy atom. The van der Waals surface area contributed by atoms with Gasteiger partial charge in [0.15, 0.2) is 22.6 Å². The van der Waals surface area contributed by atoms with Gasteiger partial charge >= 0.3 is 27.0 Å². The molecule has 9 rings (SSSR count). The molecular formula is C57H86N10O23P2S2Si2. The summed E-state index contributed by atoms with van der Waals surface area (Å²) >= 11 is 0. The minimum absolute atomic E-state index is 0.0231. The Labute approximate surface area is 561 Å². The van der Waals surface area contributed by atoms with E-state index in [0.29, 0.717) is 16.7 Å². The molecule has 2 aromatic heterocycles. The molecule has 39 heteroatoms. The number of aromatic nitrogens is 4. The quantitative estimate of drug-likeness (QED) is 0.0348. The molecule has 3 aromatic rings. The maximum Gasteiger partial charge on any atom is 0.472 e. The van der Waals surface area contributed by atoms with Gasteiger partial charge in [-0.25, -0.2) is 28.7 Å². The first-order valence-corrected chi connectivity index (χ1v) is 41.9. The third-order valence-corrected chi connectivity index (χ3v) is 31.7. The third-order valence-electron chi connectivity index (χ3n) is 18.1. The van der Waals surface area contributed by atoms with Gasteiger partial charge in [0.25, 0.3) is 17.0 Å². The van der Waals surface area contributed by atoms with Crippen molar-refractivity contribution in [3.05, 3.63) is 125 Å². The molecule has 0 spiro atoms. The Kier molecular flexibility index (Phi) is 23.4. The molecule has 8 heterocycles. The number of rotatable bonds is 24. The van der Waals surface area contributed by atoms with Crippen molar-refractivity contribution in [3.8, 4) is 0 Å². The van der Waals surface area contributed by atoms with E-state index in [1.807, 2.05) is 67.7 Å². The number of hydrogen-bond acceptors (Lipinski definition) is 28. The summed E-state index contributed by atoms with van der Waals surface area (Å²) in [6.07, 6.45) is -12.8. The summed E-state index contributed by atoms with van der Waals surface area (Å²) in [5.41, 5.74) is 4.94. The summed E-state index contributed by atoms with van der Waals surface area (Å²) in [4.78, 5) is 100. The van der Waals surface area contributed by atoms with Crippen molar-refractivity contribution < 1.29 is 90.0 Å². The van der Waals surface area contributed by atoms with Gasteiger partial charge in [-0.15, -0.1) is 0 Å². The Hall–Kier alpha value is -4.78. The Morgan fingerprint density at radius 1 is 0.667 bits per heavy atom. The van der Waals surface area contributed by atoms with Crippen LogP contribution >= 0.6 is 37.2 Å². The first kappa shape index (κ1) is 75.4. The number of aromatic amines is 2. The lowest BCUT2D eigenvalue weighted by Gasteiger charge is -2.41. The topological polar surface area (TPSA) is 461 Å². The molecule has 33 nitrogen and oxygen atoms in total. The van der Waals surface area contributed by atoms with Crippen LogP contribution in [0.25, 0.3) is 0 Å². The number of carbonyl (C=O) groups excluding carboxylic acids is 1. The van der Waals surface area contributed by atoms with E-state index in [4.69, 9.17) is 61.6 Å². The number of nitrogens with one attached hydrogen (secondary N) is 5. The number of aliphatic imine (C=N–C) groups is 2. The highest BCUT2D eigenvalue weighted by Crippen LogP contribution is 2.54. The lowest BCUT2D eigenvalue weighted by Crippen LogP contribution is -2.51. The van der Waals surface area contributed by atoms with Gasteiger partial charge in [-0.2, -0.15) is 0 Å². The molecule has 532 valence electrons. The number of H-pyrrole nitrogens is 2. The maximum absolute atomic E-state index is 14.3. The molecule has 6 aliphatic heterocycles. The highest BCUT2D eigenvalue weighted by molar-refractivity contribution is 8.77. The normalized spacial score (nSPS) is 30.9. The molecule has 0 radical (unpaired) electrons. The first-order chi connectivity index (χ1) is 44.8. The van der Waals surface area contributed by atoms with Crippen LogP contribution in [-0.4, -0.2) is 194 Å². The molecule has 13 N–H and O–H groups in total. The molecule has 1 aromatic carbocycles. The molecular weight excluding hydrogens is 1370 g/mol. The fourth-order valence-corrected chi connectivity index (χ4v) is 17.9. The molecule has 0 aliphatic carbocycles. The molecule has 0 saturated carbocycles. The number of carbonyl (C=O) groups is 1. The first-order valence-electron chi connectivity index (χ1n) is 30.8. The summed E-state index contributed by atoms with van der Waals surface area (Å²) in [6, 6.07) is 8.33. The third kappa shape index (κ3) is 17.3. The Morgan fingerprint density at radius 3 is 1.50 bits per heavy atom. The van der Waals surface area contributed by atoms with Crippen molar-refractivity contribution >= 4 is 71.7 Å². The van der Waals surface area contributed by atoms with Gasteiger partial charge in [0, 0.05) is 65.5 Å². The lowest BCUT2D eigenvalue weighted by molar-refractivity contribution is -0.0541. The van der Waals surface area contributed by atoms with Gasteiger partial charge in [0.2, 0.25) is 5.96 Å². The minimum atomic E-state index is -5.23. The zero-order valence-corrected chi connectivity index (χ0v) is 60.3. The minimum Gasteiger partial charge on any atom is -0.408 e. The number of phosphoric ester groups is 2. The second kappa shape index (κ2) is 29.8. The van der Waals surface area contributed by atoms with Gasteiger partial charge in [-0.1, -0.05) is 81.3 Å². The molecule has 18 atom stereocenters. The van der Waals surface area contributed by atoms with E-state index in [-0.39, 0.29) is 35.9 Å². The van der Waals surface area contributed by atoms with Crippen molar-refractivity contribution in [2.75, 3.05) is 26.4 Å². The Balaban J connectivity index is 0.992. The number of benzene rings is 1. The highest BCUT2D eigenvalue weighted by Gasteiger charge is 2.58. The number of nitrogens with two attached hydrogens (primary N) is 1. The van der Waals surface area contributed by atoms with Gasteiger partial charge in [-0.3, -0.25) is 56.9 Å². The predicted octanol–water partition coefficient (Wildman–Crippen LogP) is 2.41. The van der Waals surface area contributed by atoms with Crippen LogP contribution in [0, 0.1) is 13.8 Å². The van der Waals surface area contributed by atoms with E-state index in [0.717, 1.165) is 30.7 Å². The fraction of sp³-hybridized carbons (Fsp3) is 0.632. The average molecular weight is 1460 g/mol. The van der Waals surface area contributed by atoms with Crippen molar-refractivity contribution in [3.63, 3.8) is 0 Å². The smallest absolute Gasteiger partial charge is 0.408 e. The standard InChI is InChI=1S/C57H86N10O23P2S2Si2/c1-28-22-66(54(75)62-47(28)72)39-18-33(70)37(83-39)26-81-91(77,78)87-43-35(24-68)85-41(45(43)89-95(9,10)56(3,4)5)31-20-59-52(58)64-50(31)93-94-51-32(21-60-53(65-51)61-49(74)30-16-14-13-15-17-30)42-46(90-96(11,12)57(6,7)8)44(36(25-69)86-42)88-92(79,80)82-27-38-34(71)19-40(84-38)67-23-29(2)48(73)63-55(67)76/h13-17,20-23,33-46,50-51,68-71H,18-19,24-27H2,1-12H3,(H,77,78)(H,79,80)(H3,58,59,64)(H,62,72,75)(H,63,73,76)(H2,60,61,65,74)/t33-,34-,35+,36+,37+,38+,39+,40+,41-,42-,43+,44+,45-,46-,50?,51?/m0/s1. The molecule has 1 amide bonds. The van der Waals surface area contributed by atoms with Crippen LogP contribution in [0.1, 0.15) is 88.3 Å². The number of aliphatic hydroxyl groups is 4. The number of hydrogen-bond donors (Lipinski definition) is 12. The van der Waals surface area contributed by atoms with E-state index in [2.05, 4.69) is 25.9 Å². The number of aryl methyl sites for hydroxylation is 2. The van der Waals surface area contributed by atoms with E-state index in [1.165, 1.54) is 38.6 Å². The van der Waals surface area contributed by atoms with Crippen molar-refractivity contribution in [2.45, 2.75) is 201 Å². The number of amides is 1. The molecule has 4 saturated heterocycles. The molecule has 4 fully saturated rings. The van der Waals surface area contributed by atoms with Crippen LogP contribution in [0.4, 0.5) is 0 Å². The van der Waals surface area contributed by atoms with E-state index < -0.39 is 194 Å². The van der Waals surface area contributed by atoms with Crippen molar-refractivity contribution in [2.24, 2.45) is 15.7 Å². The van der Waals surface area contributed by atoms with Crippen LogP contribution in [0.15, 0.2) is 95.4 Å². The van der Waals surface area contributed by atoms with Gasteiger partial charge in [0.05, 0.1) is 38.6 Å². The van der Waals surface area contributed by atoms with Crippen molar-refractivity contribution in [1.82, 2.24) is 35.1 Å². The summed E-state index contributed by atoms with van der Waals surface area (Å²) in [5, 5.41) is 49.7. The molecule has 96 heavy (non-hydrogen) atoms. The lowest BCUT2D eigenvalue weighted by atomic mass is 10.0. The van der Waals surface area contributed by atoms with Crippen LogP contribution in [0.2, 0.25) is 36.3 Å². The van der Waals surface area contributed by atoms with Crippen LogP contribution in [0.5, 0.6) is 0 Å². The SMILES string of the molecule is Cc1cn([C@H]2C[C@H](O)[C@@H](COP(=O)(O)O[C@H]3[C@@H](O[Si](C)(C)C(C)(C)C)[C@H](C4=CNC(N)=NC4SSC4N=C(NC(=O)c5ccccc5)NC=C4[C@@H]4O[C@H](CO)[C@@H](OP(=O)(O)OC[C@H]5O[C@@H](n6cc(C)c(=O)[nH]c6=O)C[C@@H]5O)[C@H]4O[Si](C)(C)C(C)(C)C)O[C@@H]3CO)O2)c(=O)[nH]c1=O. The van der Waals surface area contributed by atoms with E-state index >= 15 is 0 Å². The maximum atomic E-state index is 14.3. The van der Waals surface area contributed by atoms with Crippen LogP contribution in [0.3, 0.4) is 0 Å². The van der Waals surface area contributed by atoms with Gasteiger partial charge < -0.3 is 74.4 Å². The number of ether oxygens (including phenoxy) is 4. The zero-order chi connectivity index (χ0) is 70.4. The van der Waals surface area contributed by atoms with E-state index in [1.54, 1.807) is 30.3 Å². The summed E-state index contributed by atoms with van der Waals surface area (Å²) in [5.74, 6) is -0.600. The fourth-order valence-electron chi connectivity index (χ4n) is 10.7. The summed E-state index contributed by atoms with van der Waals surface area (Å²) in [7, 11) is -14.2. The molecule has 4 unspecified atom stereocenters. The summed E-state index contributed by atoms with van der Waals surface area (Å²) < 4.78 is 92.7. The summed E-state index contributed by atoms with van der Waals surface area (Å²) in [6.45, 7) is 19.5.